The van der Waals surface area contributed by atoms with Crippen molar-refractivity contribution in [3.8, 4) is 0 Å². The molecule has 16 heavy (non-hydrogen) atoms. The van der Waals surface area contributed by atoms with Gasteiger partial charge in [0.25, 0.3) is 0 Å². The number of nitrogens with one attached hydrogen (secondary N) is 2. The van der Waals surface area contributed by atoms with E-state index in [4.69, 9.17) is 0 Å². The summed E-state index contributed by atoms with van der Waals surface area (Å²) in [5, 5.41) is 6.43. The highest BCUT2D eigenvalue weighted by Gasteiger charge is 2.26. The lowest BCUT2D eigenvalue weighted by Crippen LogP contribution is -2.45. The van der Waals surface area contributed by atoms with E-state index in [1.54, 1.807) is 0 Å². The fourth-order valence-electron chi connectivity index (χ4n) is 2.02. The zero-order valence-corrected chi connectivity index (χ0v) is 11.5. The summed E-state index contributed by atoms with van der Waals surface area (Å²) in [4.78, 5) is 11.5. The van der Waals surface area contributed by atoms with Gasteiger partial charge in [-0.1, -0.05) is 20.8 Å². The summed E-state index contributed by atoms with van der Waals surface area (Å²) in [7, 11) is 0. The predicted octanol–water partition coefficient (Wildman–Crippen LogP) is 1.96. The van der Waals surface area contributed by atoms with Crippen LogP contribution in [0.5, 0.6) is 0 Å². The highest BCUT2D eigenvalue weighted by molar-refractivity contribution is 5.85. The Morgan fingerprint density at radius 3 is 2.69 bits per heavy atom. The van der Waals surface area contributed by atoms with Crippen LogP contribution in [0.1, 0.15) is 40.0 Å². The average molecular weight is 249 g/mol. The van der Waals surface area contributed by atoms with Crippen molar-refractivity contribution < 1.29 is 4.79 Å². The molecule has 0 radical (unpaired) electrons. The van der Waals surface area contributed by atoms with Gasteiger partial charge >= 0.3 is 0 Å². The molecule has 1 saturated heterocycles. The second kappa shape index (κ2) is 7.13. The van der Waals surface area contributed by atoms with E-state index in [-0.39, 0.29) is 23.7 Å². The van der Waals surface area contributed by atoms with Gasteiger partial charge in [-0.15, -0.1) is 12.4 Å². The van der Waals surface area contributed by atoms with Crippen LogP contribution in [0.4, 0.5) is 0 Å². The highest BCUT2D eigenvalue weighted by atomic mass is 35.5. The summed E-state index contributed by atoms with van der Waals surface area (Å²) in [6, 6.07) is 0. The van der Waals surface area contributed by atoms with E-state index in [9.17, 15) is 4.79 Å². The molecule has 4 heteroatoms. The molecule has 1 rings (SSSR count). The topological polar surface area (TPSA) is 41.1 Å². The molecule has 1 heterocycles. The molecule has 2 N–H and O–H groups in total. The van der Waals surface area contributed by atoms with Crippen molar-refractivity contribution in [2.45, 2.75) is 40.0 Å². The highest BCUT2D eigenvalue weighted by Crippen LogP contribution is 2.24. The van der Waals surface area contributed by atoms with E-state index >= 15 is 0 Å². The molecule has 0 spiro atoms. The van der Waals surface area contributed by atoms with Crippen molar-refractivity contribution in [3.63, 3.8) is 0 Å². The fraction of sp³-hybridized carbons (Fsp3) is 0.917. The number of amides is 1. The molecule has 1 unspecified atom stereocenters. The molecular formula is C12H25ClN2O. The maximum atomic E-state index is 11.5. The van der Waals surface area contributed by atoms with E-state index < -0.39 is 0 Å². The molecule has 96 valence electrons. The van der Waals surface area contributed by atoms with Gasteiger partial charge in [-0.2, -0.15) is 0 Å². The Morgan fingerprint density at radius 2 is 2.19 bits per heavy atom. The molecule has 1 aliphatic heterocycles. The fourth-order valence-corrected chi connectivity index (χ4v) is 2.02. The van der Waals surface area contributed by atoms with Crippen LogP contribution in [0.2, 0.25) is 0 Å². The minimum atomic E-state index is 0. The van der Waals surface area contributed by atoms with Crippen molar-refractivity contribution in [2.24, 2.45) is 11.3 Å². The number of halogens is 1. The van der Waals surface area contributed by atoms with Crippen LogP contribution in [-0.2, 0) is 4.79 Å². The first-order valence-electron chi connectivity index (χ1n) is 5.99. The third-order valence-electron chi connectivity index (χ3n) is 2.99. The van der Waals surface area contributed by atoms with Crippen molar-refractivity contribution in [1.29, 1.82) is 0 Å². The number of hydrogen-bond donors (Lipinski definition) is 2. The first kappa shape index (κ1) is 15.7. The van der Waals surface area contributed by atoms with Gasteiger partial charge in [-0.3, -0.25) is 4.79 Å². The molecule has 0 bridgehead atoms. The second-order valence-corrected chi connectivity index (χ2v) is 5.47. The van der Waals surface area contributed by atoms with Crippen LogP contribution < -0.4 is 10.6 Å². The molecule has 1 aliphatic rings. The van der Waals surface area contributed by atoms with Crippen molar-refractivity contribution >= 4 is 18.3 Å². The first-order valence-corrected chi connectivity index (χ1v) is 5.99. The third-order valence-corrected chi connectivity index (χ3v) is 2.99. The first-order chi connectivity index (χ1) is 7.02. The summed E-state index contributed by atoms with van der Waals surface area (Å²) in [5.74, 6) is 0.638. The summed E-state index contributed by atoms with van der Waals surface area (Å²) in [5.41, 5.74) is 0.255. The summed E-state index contributed by atoms with van der Waals surface area (Å²) in [6.07, 6.45) is 3.07. The number of hydrogen-bond acceptors (Lipinski definition) is 2. The number of carbonyl (C=O) groups is 1. The van der Waals surface area contributed by atoms with Crippen LogP contribution >= 0.6 is 12.4 Å². The summed E-state index contributed by atoms with van der Waals surface area (Å²) in [6.45, 7) is 9.35. The zero-order valence-electron chi connectivity index (χ0n) is 10.6. The molecule has 0 aromatic rings. The Balaban J connectivity index is 0.00000225. The number of piperidine rings is 1. The van der Waals surface area contributed by atoms with E-state index in [1.807, 2.05) is 0 Å². The number of carbonyl (C=O) groups excluding carboxylic acids is 1. The van der Waals surface area contributed by atoms with Crippen LogP contribution in [-0.4, -0.2) is 25.5 Å². The Morgan fingerprint density at radius 1 is 1.50 bits per heavy atom. The zero-order chi connectivity index (χ0) is 11.3. The molecule has 0 aromatic carbocycles. The average Bonchev–Trinajstić information content (AvgIpc) is 2.15. The van der Waals surface area contributed by atoms with E-state index in [0.29, 0.717) is 12.3 Å². The second-order valence-electron chi connectivity index (χ2n) is 5.47. The van der Waals surface area contributed by atoms with Crippen LogP contribution in [0.25, 0.3) is 0 Å². The van der Waals surface area contributed by atoms with Gasteiger partial charge in [0.05, 0.1) is 0 Å². The van der Waals surface area contributed by atoms with Gasteiger partial charge in [0, 0.05) is 19.5 Å². The van der Waals surface area contributed by atoms with E-state index in [2.05, 4.69) is 31.4 Å². The quantitative estimate of drug-likeness (QED) is 0.799. The van der Waals surface area contributed by atoms with Crippen LogP contribution in [0, 0.1) is 11.3 Å². The Bertz CT molecular complexity index is 213. The molecule has 1 amide bonds. The predicted molar refractivity (Wildman–Crippen MR) is 69.9 cm³/mol. The van der Waals surface area contributed by atoms with Gasteiger partial charge in [0.1, 0.15) is 0 Å². The van der Waals surface area contributed by atoms with Gasteiger partial charge in [0.2, 0.25) is 5.91 Å². The minimum absolute atomic E-state index is 0. The maximum absolute atomic E-state index is 11.5. The Hall–Kier alpha value is -0.280. The standard InChI is InChI=1S/C12H24N2O.ClH/c1-10(2)7-11(15)14-9-12(3)5-4-6-13-8-12;/h10,13H,4-9H2,1-3H3,(H,14,15);1H. The Labute approximate surface area is 105 Å². The molecule has 0 saturated carbocycles. The summed E-state index contributed by atoms with van der Waals surface area (Å²) < 4.78 is 0. The molecule has 0 aliphatic carbocycles. The monoisotopic (exact) mass is 248 g/mol. The minimum Gasteiger partial charge on any atom is -0.356 e. The van der Waals surface area contributed by atoms with Crippen LogP contribution in [0.15, 0.2) is 0 Å². The molecule has 0 aromatic heterocycles. The largest absolute Gasteiger partial charge is 0.356 e. The molecular weight excluding hydrogens is 224 g/mol. The SMILES string of the molecule is CC(C)CC(=O)NCC1(C)CCCNC1.Cl. The van der Waals surface area contributed by atoms with E-state index in [1.165, 1.54) is 12.8 Å². The summed E-state index contributed by atoms with van der Waals surface area (Å²) >= 11 is 0. The lowest BCUT2D eigenvalue weighted by molar-refractivity contribution is -0.122. The molecule has 1 fully saturated rings. The lowest BCUT2D eigenvalue weighted by atomic mass is 9.83. The van der Waals surface area contributed by atoms with Crippen molar-refractivity contribution in [2.75, 3.05) is 19.6 Å². The Kier molecular flexibility index (Phi) is 7.00. The molecule has 3 nitrogen and oxygen atoms in total. The normalized spacial score (nSPS) is 25.0. The third kappa shape index (κ3) is 5.71. The van der Waals surface area contributed by atoms with Gasteiger partial charge in [0.15, 0.2) is 0 Å². The van der Waals surface area contributed by atoms with E-state index in [0.717, 1.165) is 19.6 Å². The smallest absolute Gasteiger partial charge is 0.220 e. The van der Waals surface area contributed by atoms with Crippen LogP contribution in [0.3, 0.4) is 0 Å². The lowest BCUT2D eigenvalue weighted by Gasteiger charge is -2.34. The van der Waals surface area contributed by atoms with Crippen molar-refractivity contribution in [3.05, 3.63) is 0 Å². The molecule has 1 atom stereocenters. The number of rotatable bonds is 4. The van der Waals surface area contributed by atoms with Crippen molar-refractivity contribution in [1.82, 2.24) is 10.6 Å². The van der Waals surface area contributed by atoms with Gasteiger partial charge in [-0.05, 0) is 30.7 Å². The van der Waals surface area contributed by atoms with Gasteiger partial charge < -0.3 is 10.6 Å². The van der Waals surface area contributed by atoms with Gasteiger partial charge in [-0.25, -0.2) is 0 Å². The maximum Gasteiger partial charge on any atom is 0.220 e.